The van der Waals surface area contributed by atoms with Crippen LogP contribution in [0.2, 0.25) is 0 Å². The van der Waals surface area contributed by atoms with Crippen molar-refractivity contribution in [3.63, 3.8) is 0 Å². The van der Waals surface area contributed by atoms with E-state index in [2.05, 4.69) is 4.98 Å². The predicted molar refractivity (Wildman–Crippen MR) is 105 cm³/mol. The van der Waals surface area contributed by atoms with E-state index < -0.39 is 28.7 Å². The van der Waals surface area contributed by atoms with Gasteiger partial charge in [-0.05, 0) is 29.8 Å². The lowest BCUT2D eigenvalue weighted by Crippen LogP contribution is -2.41. The van der Waals surface area contributed by atoms with Crippen LogP contribution in [0.1, 0.15) is 26.6 Å². The molecule has 0 unspecified atom stereocenters. The lowest BCUT2D eigenvalue weighted by atomic mass is 10.1. The molecule has 0 saturated carbocycles. The van der Waals surface area contributed by atoms with Gasteiger partial charge in [0.25, 0.3) is 0 Å². The van der Waals surface area contributed by atoms with Crippen molar-refractivity contribution in [1.29, 1.82) is 0 Å². The molecule has 0 amide bonds. The van der Waals surface area contributed by atoms with Gasteiger partial charge in [0.1, 0.15) is 12.4 Å². The Bertz CT molecular complexity index is 1110. The largest absolute Gasteiger partial charge is 0.489 e. The third-order valence-corrected chi connectivity index (χ3v) is 5.29. The Morgan fingerprint density at radius 1 is 0.938 bits per heavy atom. The summed E-state index contributed by atoms with van der Waals surface area (Å²) in [6.07, 6.45) is -5.84. The summed E-state index contributed by atoms with van der Waals surface area (Å²) in [6.45, 7) is -0.312. The number of nitrogens with zero attached hydrogens (tertiary/aromatic N) is 1. The van der Waals surface area contributed by atoms with Crippen molar-refractivity contribution in [3.8, 4) is 5.75 Å². The van der Waals surface area contributed by atoms with Crippen LogP contribution in [-0.4, -0.2) is 21.4 Å². The van der Waals surface area contributed by atoms with Gasteiger partial charge in [-0.1, -0.05) is 36.4 Å². The third-order valence-electron chi connectivity index (χ3n) is 4.23. The molecule has 32 heavy (non-hydrogen) atoms. The Labute approximate surface area is 182 Å². The lowest BCUT2D eigenvalue weighted by molar-refractivity contribution is -0.358. The van der Waals surface area contributed by atoms with Gasteiger partial charge in [-0.3, -0.25) is 0 Å². The third kappa shape index (κ3) is 5.47. The number of aliphatic hydroxyl groups is 2. The molecular weight excluding hydrogens is 460 g/mol. The second kappa shape index (κ2) is 8.93. The maximum Gasteiger partial charge on any atom is 0.450 e. The van der Waals surface area contributed by atoms with Crippen LogP contribution in [0, 0.1) is 0 Å². The Balaban J connectivity index is 1.71. The fourth-order valence-electron chi connectivity index (χ4n) is 2.62. The molecule has 0 spiro atoms. The smallest absolute Gasteiger partial charge is 0.450 e. The minimum absolute atomic E-state index is 0.0284. The van der Waals surface area contributed by atoms with Gasteiger partial charge in [0, 0.05) is 16.6 Å². The maximum atomic E-state index is 13.1. The summed E-state index contributed by atoms with van der Waals surface area (Å²) in [5.74, 6) is -3.76. The standard InChI is InChI=1S/C21H15F6NO3S/c22-20(23,24)17-7-2-1-5-14(17)12-31-15-6-3-4-13(10-15)8-9-16-11-28-18(32-16)19(29,30)21(25,26)27/h1-11,29-30H,12H2/b9-8+. The van der Waals surface area contributed by atoms with Gasteiger partial charge < -0.3 is 14.9 Å². The molecule has 1 heterocycles. The first-order valence-corrected chi connectivity index (χ1v) is 9.73. The van der Waals surface area contributed by atoms with E-state index in [1.54, 1.807) is 18.2 Å². The Hall–Kier alpha value is -2.89. The van der Waals surface area contributed by atoms with E-state index in [1.165, 1.54) is 36.4 Å². The molecule has 1 aromatic heterocycles. The van der Waals surface area contributed by atoms with Gasteiger partial charge in [0.2, 0.25) is 0 Å². The first kappa shape index (κ1) is 23.8. The first-order valence-electron chi connectivity index (χ1n) is 8.92. The molecule has 0 aliphatic rings. The van der Waals surface area contributed by atoms with Crippen molar-refractivity contribution in [2.45, 2.75) is 24.7 Å². The molecule has 3 rings (SSSR count). The van der Waals surface area contributed by atoms with Crippen LogP contribution >= 0.6 is 11.3 Å². The number of halogens is 6. The van der Waals surface area contributed by atoms with Crippen LogP contribution in [0.15, 0.2) is 54.7 Å². The van der Waals surface area contributed by atoms with E-state index in [1.807, 2.05) is 0 Å². The van der Waals surface area contributed by atoms with Crippen molar-refractivity contribution in [1.82, 2.24) is 4.98 Å². The van der Waals surface area contributed by atoms with Crippen molar-refractivity contribution in [3.05, 3.63) is 81.3 Å². The number of alkyl halides is 6. The minimum atomic E-state index is -5.30. The summed E-state index contributed by atoms with van der Waals surface area (Å²) in [4.78, 5) is 3.63. The summed E-state index contributed by atoms with van der Waals surface area (Å²) in [7, 11) is 0. The number of ether oxygens (including phenoxy) is 1. The van der Waals surface area contributed by atoms with Gasteiger partial charge in [0.15, 0.2) is 5.01 Å². The molecule has 170 valence electrons. The monoisotopic (exact) mass is 475 g/mol. The average molecular weight is 475 g/mol. The normalized spacial score (nSPS) is 13.0. The lowest BCUT2D eigenvalue weighted by Gasteiger charge is -2.21. The highest BCUT2D eigenvalue weighted by molar-refractivity contribution is 7.12. The van der Waals surface area contributed by atoms with Crippen molar-refractivity contribution in [2.24, 2.45) is 0 Å². The van der Waals surface area contributed by atoms with Crippen LogP contribution in [0.4, 0.5) is 26.3 Å². The van der Waals surface area contributed by atoms with E-state index in [-0.39, 0.29) is 22.8 Å². The Morgan fingerprint density at radius 3 is 2.34 bits per heavy atom. The number of benzene rings is 2. The topological polar surface area (TPSA) is 62.6 Å². The van der Waals surface area contributed by atoms with Gasteiger partial charge in [0.05, 0.1) is 5.56 Å². The van der Waals surface area contributed by atoms with Crippen LogP contribution in [0.3, 0.4) is 0 Å². The zero-order valence-electron chi connectivity index (χ0n) is 16.0. The molecule has 0 aliphatic carbocycles. The Morgan fingerprint density at radius 2 is 1.66 bits per heavy atom. The first-order chi connectivity index (χ1) is 14.9. The molecule has 0 aliphatic heterocycles. The number of hydrogen-bond donors (Lipinski definition) is 2. The molecule has 2 aromatic carbocycles. The maximum absolute atomic E-state index is 13.1. The highest BCUT2D eigenvalue weighted by Gasteiger charge is 2.56. The predicted octanol–water partition coefficient (Wildman–Crippen LogP) is 5.61. The summed E-state index contributed by atoms with van der Waals surface area (Å²) in [6, 6.07) is 11.4. The second-order valence-corrected chi connectivity index (χ2v) is 7.65. The molecule has 0 saturated heterocycles. The fraction of sp³-hybridized carbons (Fsp3) is 0.190. The van der Waals surface area contributed by atoms with E-state index >= 15 is 0 Å². The van der Waals surface area contributed by atoms with Crippen LogP contribution in [0.5, 0.6) is 5.75 Å². The van der Waals surface area contributed by atoms with E-state index in [0.717, 1.165) is 12.3 Å². The average Bonchev–Trinajstić information content (AvgIpc) is 3.20. The van der Waals surface area contributed by atoms with Crippen LogP contribution in [-0.2, 0) is 18.6 Å². The number of rotatable bonds is 6. The van der Waals surface area contributed by atoms with Gasteiger partial charge in [-0.15, -0.1) is 11.3 Å². The van der Waals surface area contributed by atoms with E-state index in [4.69, 9.17) is 4.74 Å². The summed E-state index contributed by atoms with van der Waals surface area (Å²) in [5.41, 5.74) is -0.268. The van der Waals surface area contributed by atoms with Gasteiger partial charge in [-0.25, -0.2) is 4.98 Å². The molecule has 11 heteroatoms. The second-order valence-electron chi connectivity index (χ2n) is 6.59. The number of aromatic nitrogens is 1. The van der Waals surface area contributed by atoms with Gasteiger partial charge >= 0.3 is 18.1 Å². The van der Waals surface area contributed by atoms with E-state index in [9.17, 15) is 36.6 Å². The molecular formula is C21H15F6NO3S. The number of thiazole rings is 1. The Kier molecular flexibility index (Phi) is 6.63. The highest BCUT2D eigenvalue weighted by atomic mass is 32.1. The van der Waals surface area contributed by atoms with E-state index in [0.29, 0.717) is 16.9 Å². The molecule has 0 radical (unpaired) electrons. The van der Waals surface area contributed by atoms with Crippen LogP contribution < -0.4 is 4.74 Å². The van der Waals surface area contributed by atoms with Crippen molar-refractivity contribution in [2.75, 3.05) is 0 Å². The van der Waals surface area contributed by atoms with Crippen molar-refractivity contribution < 1.29 is 41.3 Å². The molecule has 0 fully saturated rings. The van der Waals surface area contributed by atoms with Gasteiger partial charge in [-0.2, -0.15) is 26.3 Å². The zero-order chi connectivity index (χ0) is 23.6. The van der Waals surface area contributed by atoms with Crippen molar-refractivity contribution >= 4 is 23.5 Å². The number of hydrogen-bond acceptors (Lipinski definition) is 5. The minimum Gasteiger partial charge on any atom is -0.489 e. The molecule has 3 aromatic rings. The molecule has 0 bridgehead atoms. The molecule has 4 nitrogen and oxygen atoms in total. The molecule has 2 N–H and O–H groups in total. The fourth-order valence-corrected chi connectivity index (χ4v) is 3.44. The summed E-state index contributed by atoms with van der Waals surface area (Å²) in [5, 5.41) is 17.6. The SMILES string of the molecule is OC(O)(c1ncc(/C=C/c2cccc(OCc3ccccc3C(F)(F)F)c2)s1)C(F)(F)F. The summed E-state index contributed by atoms with van der Waals surface area (Å²) >= 11 is 0.446. The zero-order valence-corrected chi connectivity index (χ0v) is 16.8. The summed E-state index contributed by atoms with van der Waals surface area (Å²) < 4.78 is 82.8. The highest BCUT2D eigenvalue weighted by Crippen LogP contribution is 2.38. The molecule has 0 atom stereocenters. The quantitative estimate of drug-likeness (QED) is 0.359. The van der Waals surface area contributed by atoms with Crippen LogP contribution in [0.25, 0.3) is 12.2 Å².